The van der Waals surface area contributed by atoms with Crippen LogP contribution in [0.2, 0.25) is 5.02 Å². The molecule has 0 saturated carbocycles. The van der Waals surface area contributed by atoms with Crippen LogP contribution in [-0.4, -0.2) is 49.6 Å². The molecule has 134 valence electrons. The number of carboxylic acids is 1. The maximum Gasteiger partial charge on any atom is 0.326 e. The highest BCUT2D eigenvalue weighted by Crippen LogP contribution is 2.20. The first-order valence-electron chi connectivity index (χ1n) is 7.26. The van der Waals surface area contributed by atoms with Crippen molar-refractivity contribution in [2.45, 2.75) is 26.3 Å². The molecular formula is C15H20ClNO6S. The summed E-state index contributed by atoms with van der Waals surface area (Å²) in [5.41, 5.74) is 0.780. The zero-order chi connectivity index (χ0) is 18.3. The Hall–Kier alpha value is -1.80. The number of carboxylic acid groups (broad SMARTS) is 1. The number of rotatable bonds is 9. The quantitative estimate of drug-likeness (QED) is 0.673. The molecule has 1 aromatic carbocycles. The Kier molecular flexibility index (Phi) is 7.50. The van der Waals surface area contributed by atoms with Gasteiger partial charge in [-0.25, -0.2) is 13.2 Å². The van der Waals surface area contributed by atoms with E-state index < -0.39 is 27.8 Å². The van der Waals surface area contributed by atoms with Gasteiger partial charge in [0.25, 0.3) is 5.91 Å². The molecule has 1 amide bonds. The number of hydrogen-bond acceptors (Lipinski definition) is 5. The van der Waals surface area contributed by atoms with Gasteiger partial charge in [-0.15, -0.1) is 0 Å². The summed E-state index contributed by atoms with van der Waals surface area (Å²) in [6.07, 6.45) is -0.197. The molecule has 0 spiro atoms. The highest BCUT2D eigenvalue weighted by Gasteiger charge is 2.22. The van der Waals surface area contributed by atoms with E-state index in [0.717, 1.165) is 5.56 Å². The molecule has 0 saturated heterocycles. The predicted molar refractivity (Wildman–Crippen MR) is 90.2 cm³/mol. The Morgan fingerprint density at radius 1 is 1.38 bits per heavy atom. The smallest absolute Gasteiger partial charge is 0.326 e. The van der Waals surface area contributed by atoms with Crippen molar-refractivity contribution in [3.63, 3.8) is 0 Å². The molecule has 7 nitrogen and oxygen atoms in total. The summed E-state index contributed by atoms with van der Waals surface area (Å²) >= 11 is 5.88. The maximum absolute atomic E-state index is 11.8. The lowest BCUT2D eigenvalue weighted by Crippen LogP contribution is -2.44. The minimum atomic E-state index is -3.31. The minimum Gasteiger partial charge on any atom is -0.484 e. The van der Waals surface area contributed by atoms with E-state index in [1.54, 1.807) is 25.1 Å². The summed E-state index contributed by atoms with van der Waals surface area (Å²) in [5, 5.41) is 11.9. The molecule has 1 rings (SSSR count). The molecule has 0 fully saturated rings. The number of sulfone groups is 1. The van der Waals surface area contributed by atoms with E-state index >= 15 is 0 Å². The second kappa shape index (κ2) is 8.89. The van der Waals surface area contributed by atoms with E-state index in [9.17, 15) is 18.0 Å². The van der Waals surface area contributed by atoms with Gasteiger partial charge in [-0.1, -0.05) is 18.5 Å². The Morgan fingerprint density at radius 3 is 2.58 bits per heavy atom. The van der Waals surface area contributed by atoms with Gasteiger partial charge in [0, 0.05) is 10.8 Å². The summed E-state index contributed by atoms with van der Waals surface area (Å²) in [6.45, 7) is 2.88. The average Bonchev–Trinajstić information content (AvgIpc) is 2.52. The topological polar surface area (TPSA) is 110 Å². The SMILES string of the molecule is CCS(=O)(=O)CCC(NC(=O)COc1ccc(Cl)c(C)c1)C(=O)O. The lowest BCUT2D eigenvalue weighted by molar-refractivity contribution is -0.142. The van der Waals surface area contributed by atoms with Crippen LogP contribution in [0.1, 0.15) is 18.9 Å². The fraction of sp³-hybridized carbons (Fsp3) is 0.467. The molecule has 1 unspecified atom stereocenters. The number of amides is 1. The van der Waals surface area contributed by atoms with Crippen LogP contribution >= 0.6 is 11.6 Å². The first-order chi connectivity index (χ1) is 11.1. The van der Waals surface area contributed by atoms with Crippen LogP contribution < -0.4 is 10.1 Å². The molecule has 0 aromatic heterocycles. The second-order valence-corrected chi connectivity index (χ2v) is 8.06. The average molecular weight is 378 g/mol. The molecule has 0 aliphatic rings. The van der Waals surface area contributed by atoms with E-state index in [-0.39, 0.29) is 24.5 Å². The predicted octanol–water partition coefficient (Wildman–Crippen LogP) is 1.42. The molecule has 9 heteroatoms. The summed E-state index contributed by atoms with van der Waals surface area (Å²) in [4.78, 5) is 22.9. The van der Waals surface area contributed by atoms with E-state index in [1.807, 2.05) is 0 Å². The summed E-state index contributed by atoms with van der Waals surface area (Å²) < 4.78 is 28.2. The largest absolute Gasteiger partial charge is 0.484 e. The standard InChI is InChI=1S/C15H20ClNO6S/c1-3-24(21,22)7-6-13(15(19)20)17-14(18)9-23-11-4-5-12(16)10(2)8-11/h4-5,8,13H,3,6-7,9H2,1-2H3,(H,17,18)(H,19,20). The van der Waals surface area contributed by atoms with Crippen molar-refractivity contribution in [1.29, 1.82) is 0 Å². The van der Waals surface area contributed by atoms with Crippen molar-refractivity contribution in [1.82, 2.24) is 5.32 Å². The Bertz CT molecular complexity index is 704. The molecule has 1 aromatic rings. The third-order valence-electron chi connectivity index (χ3n) is 3.29. The van der Waals surface area contributed by atoms with Gasteiger partial charge in [0.1, 0.15) is 21.6 Å². The number of aliphatic carboxylic acids is 1. The number of carbonyl (C=O) groups is 2. The Balaban J connectivity index is 2.56. The minimum absolute atomic E-state index is 0.0771. The van der Waals surface area contributed by atoms with Crippen molar-refractivity contribution in [3.8, 4) is 5.75 Å². The number of carbonyl (C=O) groups excluding carboxylic acids is 1. The summed E-state index contributed by atoms with van der Waals surface area (Å²) in [6, 6.07) is 3.58. The lowest BCUT2D eigenvalue weighted by atomic mass is 10.2. The molecule has 0 bridgehead atoms. The van der Waals surface area contributed by atoms with E-state index in [4.69, 9.17) is 21.4 Å². The zero-order valence-corrected chi connectivity index (χ0v) is 15.0. The summed E-state index contributed by atoms with van der Waals surface area (Å²) in [7, 11) is -3.31. The zero-order valence-electron chi connectivity index (χ0n) is 13.4. The van der Waals surface area contributed by atoms with E-state index in [2.05, 4.69) is 5.32 Å². The van der Waals surface area contributed by atoms with Gasteiger partial charge in [0.05, 0.1) is 5.75 Å². The van der Waals surface area contributed by atoms with Gasteiger partial charge >= 0.3 is 5.97 Å². The van der Waals surface area contributed by atoms with Gasteiger partial charge in [0.15, 0.2) is 6.61 Å². The second-order valence-electron chi connectivity index (χ2n) is 5.18. The Morgan fingerprint density at radius 2 is 2.04 bits per heavy atom. The van der Waals surface area contributed by atoms with Crippen LogP contribution in [0, 0.1) is 6.92 Å². The molecule has 1 atom stereocenters. The van der Waals surface area contributed by atoms with Crippen molar-refractivity contribution >= 4 is 33.3 Å². The van der Waals surface area contributed by atoms with Crippen molar-refractivity contribution < 1.29 is 27.9 Å². The van der Waals surface area contributed by atoms with Gasteiger partial charge in [-0.3, -0.25) is 4.79 Å². The lowest BCUT2D eigenvalue weighted by Gasteiger charge is -2.15. The first kappa shape index (κ1) is 20.2. The highest BCUT2D eigenvalue weighted by atomic mass is 35.5. The number of ether oxygens (including phenoxy) is 1. The van der Waals surface area contributed by atoms with Gasteiger partial charge in [-0.05, 0) is 37.1 Å². The van der Waals surface area contributed by atoms with E-state index in [1.165, 1.54) is 6.92 Å². The number of nitrogens with one attached hydrogen (secondary N) is 1. The molecule has 0 heterocycles. The van der Waals surface area contributed by atoms with Crippen molar-refractivity contribution in [2.75, 3.05) is 18.1 Å². The number of hydrogen-bond donors (Lipinski definition) is 2. The van der Waals surface area contributed by atoms with Crippen LogP contribution in [0.15, 0.2) is 18.2 Å². The number of benzene rings is 1. The fourth-order valence-electron chi connectivity index (χ4n) is 1.79. The monoisotopic (exact) mass is 377 g/mol. The molecule has 0 radical (unpaired) electrons. The van der Waals surface area contributed by atoms with Crippen molar-refractivity contribution in [3.05, 3.63) is 28.8 Å². The third-order valence-corrected chi connectivity index (χ3v) is 5.45. The van der Waals surface area contributed by atoms with Crippen molar-refractivity contribution in [2.24, 2.45) is 0 Å². The normalized spacial score (nSPS) is 12.5. The van der Waals surface area contributed by atoms with Gasteiger partial charge in [0.2, 0.25) is 0 Å². The molecule has 0 aliphatic carbocycles. The number of aryl methyl sites for hydroxylation is 1. The third kappa shape index (κ3) is 6.76. The van der Waals surface area contributed by atoms with E-state index in [0.29, 0.717) is 10.8 Å². The fourth-order valence-corrected chi connectivity index (χ4v) is 2.79. The van der Waals surface area contributed by atoms with Crippen LogP contribution in [0.5, 0.6) is 5.75 Å². The molecular weight excluding hydrogens is 358 g/mol. The first-order valence-corrected chi connectivity index (χ1v) is 9.46. The number of halogens is 1. The van der Waals surface area contributed by atoms with Crippen LogP contribution in [0.4, 0.5) is 0 Å². The van der Waals surface area contributed by atoms with Crippen LogP contribution in [-0.2, 0) is 19.4 Å². The van der Waals surface area contributed by atoms with Crippen LogP contribution in [0.3, 0.4) is 0 Å². The highest BCUT2D eigenvalue weighted by molar-refractivity contribution is 7.91. The maximum atomic E-state index is 11.8. The van der Waals surface area contributed by atoms with Gasteiger partial charge in [-0.2, -0.15) is 0 Å². The molecule has 0 aliphatic heterocycles. The molecule has 24 heavy (non-hydrogen) atoms. The molecule has 2 N–H and O–H groups in total. The Labute approximate surface area is 145 Å². The van der Waals surface area contributed by atoms with Crippen LogP contribution in [0.25, 0.3) is 0 Å². The summed E-state index contributed by atoms with van der Waals surface area (Å²) in [5.74, 6) is -1.90. The van der Waals surface area contributed by atoms with Gasteiger partial charge < -0.3 is 15.2 Å².